The van der Waals surface area contributed by atoms with Gasteiger partial charge in [0.1, 0.15) is 11.3 Å². The molecule has 2 rings (SSSR count). The first-order valence-electron chi connectivity index (χ1n) is 9.69. The van der Waals surface area contributed by atoms with E-state index in [1.165, 1.54) is 6.92 Å². The molecule has 0 spiro atoms. The summed E-state index contributed by atoms with van der Waals surface area (Å²) >= 11 is 0. The fraction of sp³-hybridized carbons (Fsp3) is 0.571. The second kappa shape index (κ2) is 9.08. The second-order valence-electron chi connectivity index (χ2n) is 7.78. The molecule has 154 valence electrons. The molecule has 0 aliphatic carbocycles. The zero-order valence-corrected chi connectivity index (χ0v) is 17.3. The summed E-state index contributed by atoms with van der Waals surface area (Å²) in [5, 5.41) is 10.5. The van der Waals surface area contributed by atoms with Crippen LogP contribution >= 0.6 is 0 Å². The number of phenolic OH excluding ortho intramolecular Hbond substituents is 1. The summed E-state index contributed by atoms with van der Waals surface area (Å²) in [7, 11) is 0. The lowest BCUT2D eigenvalue weighted by Crippen LogP contribution is -2.51. The number of phenols is 1. The van der Waals surface area contributed by atoms with Crippen molar-refractivity contribution in [3.63, 3.8) is 0 Å². The molecule has 0 saturated carbocycles. The fourth-order valence-corrected chi connectivity index (χ4v) is 3.18. The van der Waals surface area contributed by atoms with Crippen LogP contribution in [0.15, 0.2) is 12.1 Å². The lowest BCUT2D eigenvalue weighted by molar-refractivity contribution is -0.140. The molecule has 1 heterocycles. The van der Waals surface area contributed by atoms with Crippen LogP contribution in [-0.4, -0.2) is 65.5 Å². The first-order valence-corrected chi connectivity index (χ1v) is 9.69. The van der Waals surface area contributed by atoms with Crippen LogP contribution in [0.25, 0.3) is 0 Å². The molecule has 1 aromatic rings. The predicted molar refractivity (Wildman–Crippen MR) is 105 cm³/mol. The minimum absolute atomic E-state index is 0.0139. The summed E-state index contributed by atoms with van der Waals surface area (Å²) in [5.41, 5.74) is 1.70. The van der Waals surface area contributed by atoms with Gasteiger partial charge in [0.2, 0.25) is 5.91 Å². The molecular weight excluding hydrogens is 360 g/mol. The largest absolute Gasteiger partial charge is 0.507 e. The maximum absolute atomic E-state index is 12.5. The third-order valence-electron chi connectivity index (χ3n) is 5.07. The van der Waals surface area contributed by atoms with E-state index in [1.807, 2.05) is 33.8 Å². The molecule has 0 radical (unpaired) electrons. The molecule has 1 saturated heterocycles. The number of amides is 2. The van der Waals surface area contributed by atoms with E-state index in [1.54, 1.807) is 15.9 Å². The van der Waals surface area contributed by atoms with Crippen molar-refractivity contribution in [2.75, 3.05) is 32.8 Å². The van der Waals surface area contributed by atoms with Crippen molar-refractivity contribution in [3.05, 3.63) is 28.8 Å². The second-order valence-corrected chi connectivity index (χ2v) is 7.78. The highest BCUT2D eigenvalue weighted by atomic mass is 16.5. The number of esters is 1. The van der Waals surface area contributed by atoms with Crippen molar-refractivity contribution >= 4 is 17.8 Å². The van der Waals surface area contributed by atoms with Crippen molar-refractivity contribution in [1.29, 1.82) is 0 Å². The van der Waals surface area contributed by atoms with Crippen LogP contribution < -0.4 is 0 Å². The molecule has 1 N–H and O–H groups in total. The van der Waals surface area contributed by atoms with E-state index in [0.717, 1.165) is 5.56 Å². The summed E-state index contributed by atoms with van der Waals surface area (Å²) in [4.78, 5) is 39.5. The Kier molecular flexibility index (Phi) is 7.05. The van der Waals surface area contributed by atoms with Crippen molar-refractivity contribution in [2.24, 2.45) is 0 Å². The number of hydrogen-bond acceptors (Lipinski definition) is 5. The van der Waals surface area contributed by atoms with Gasteiger partial charge in [-0.05, 0) is 29.0 Å². The topological polar surface area (TPSA) is 87.2 Å². The highest BCUT2D eigenvalue weighted by Crippen LogP contribution is 2.33. The molecule has 1 aliphatic heterocycles. The Labute approximate surface area is 166 Å². The van der Waals surface area contributed by atoms with E-state index in [-0.39, 0.29) is 41.6 Å². The Morgan fingerprint density at radius 2 is 1.57 bits per heavy atom. The van der Waals surface area contributed by atoms with Gasteiger partial charge in [0.15, 0.2) is 6.61 Å². The Morgan fingerprint density at radius 3 is 2.07 bits per heavy atom. The number of aromatic hydroxyl groups is 1. The van der Waals surface area contributed by atoms with Gasteiger partial charge in [-0.2, -0.15) is 0 Å². The van der Waals surface area contributed by atoms with E-state index < -0.39 is 5.97 Å². The van der Waals surface area contributed by atoms with E-state index in [4.69, 9.17) is 4.74 Å². The first-order chi connectivity index (χ1) is 13.1. The maximum Gasteiger partial charge on any atom is 0.342 e. The summed E-state index contributed by atoms with van der Waals surface area (Å²) in [6.07, 6.45) is 0. The third-order valence-corrected chi connectivity index (χ3v) is 5.07. The Bertz CT molecular complexity index is 749. The van der Waals surface area contributed by atoms with Crippen LogP contribution in [0.4, 0.5) is 0 Å². The van der Waals surface area contributed by atoms with E-state index in [2.05, 4.69) is 0 Å². The van der Waals surface area contributed by atoms with Crippen LogP contribution in [0.3, 0.4) is 0 Å². The van der Waals surface area contributed by atoms with E-state index in [0.29, 0.717) is 31.7 Å². The molecule has 7 heteroatoms. The van der Waals surface area contributed by atoms with Crippen molar-refractivity contribution < 1.29 is 24.2 Å². The smallest absolute Gasteiger partial charge is 0.342 e. The highest BCUT2D eigenvalue weighted by molar-refractivity contribution is 5.94. The van der Waals surface area contributed by atoms with Gasteiger partial charge in [-0.1, -0.05) is 33.8 Å². The van der Waals surface area contributed by atoms with Gasteiger partial charge in [-0.3, -0.25) is 9.59 Å². The van der Waals surface area contributed by atoms with Gasteiger partial charge in [0, 0.05) is 33.1 Å². The Balaban J connectivity index is 2.05. The monoisotopic (exact) mass is 390 g/mol. The van der Waals surface area contributed by atoms with Gasteiger partial charge in [-0.15, -0.1) is 0 Å². The van der Waals surface area contributed by atoms with Crippen LogP contribution in [-0.2, 0) is 14.3 Å². The lowest BCUT2D eigenvalue weighted by atomic mass is 9.92. The number of rotatable bonds is 5. The highest BCUT2D eigenvalue weighted by Gasteiger charge is 2.25. The number of benzene rings is 1. The van der Waals surface area contributed by atoms with Crippen LogP contribution in [0.1, 0.15) is 67.9 Å². The molecule has 1 aliphatic rings. The van der Waals surface area contributed by atoms with Crippen LogP contribution in [0, 0.1) is 0 Å². The van der Waals surface area contributed by atoms with Gasteiger partial charge < -0.3 is 19.6 Å². The molecule has 0 unspecified atom stereocenters. The minimum Gasteiger partial charge on any atom is -0.507 e. The number of ether oxygens (including phenoxy) is 1. The van der Waals surface area contributed by atoms with Gasteiger partial charge >= 0.3 is 5.97 Å². The Hall–Kier alpha value is -2.57. The summed E-state index contributed by atoms with van der Waals surface area (Å²) < 4.78 is 5.20. The fourth-order valence-electron chi connectivity index (χ4n) is 3.18. The first kappa shape index (κ1) is 21.7. The SMILES string of the molecule is CC(=O)N1CCN(C(=O)COC(=O)c2cc(C(C)C)cc(C(C)C)c2O)CC1. The van der Waals surface area contributed by atoms with Gasteiger partial charge in [0.25, 0.3) is 5.91 Å². The van der Waals surface area contributed by atoms with Crippen LogP contribution in [0.5, 0.6) is 5.75 Å². The van der Waals surface area contributed by atoms with E-state index >= 15 is 0 Å². The lowest BCUT2D eigenvalue weighted by Gasteiger charge is -2.34. The van der Waals surface area contributed by atoms with Crippen molar-refractivity contribution in [2.45, 2.75) is 46.5 Å². The van der Waals surface area contributed by atoms with Crippen LogP contribution in [0.2, 0.25) is 0 Å². The quantitative estimate of drug-likeness (QED) is 0.781. The average Bonchev–Trinajstić information content (AvgIpc) is 2.65. The summed E-state index contributed by atoms with van der Waals surface area (Å²) in [6, 6.07) is 3.53. The maximum atomic E-state index is 12.5. The molecule has 2 amide bonds. The summed E-state index contributed by atoms with van der Waals surface area (Å²) in [5.74, 6) is -0.891. The zero-order chi connectivity index (χ0) is 21.0. The molecular formula is C21H30N2O5. The summed E-state index contributed by atoms with van der Waals surface area (Å²) in [6.45, 7) is 10.8. The average molecular weight is 390 g/mol. The Morgan fingerprint density at radius 1 is 1.00 bits per heavy atom. The number of piperazine rings is 1. The standard InChI is InChI=1S/C21H30N2O5/c1-13(2)16-10-17(14(3)4)20(26)18(11-16)21(27)28-12-19(25)23-8-6-22(7-9-23)15(5)24/h10-11,13-14,26H,6-9,12H2,1-5H3. The molecule has 1 fully saturated rings. The minimum atomic E-state index is -0.711. The molecule has 1 aromatic carbocycles. The third kappa shape index (κ3) is 5.03. The van der Waals surface area contributed by atoms with Crippen molar-refractivity contribution in [1.82, 2.24) is 9.80 Å². The predicted octanol–water partition coefficient (Wildman–Crippen LogP) is 2.49. The van der Waals surface area contributed by atoms with Crippen molar-refractivity contribution in [3.8, 4) is 5.75 Å². The molecule has 28 heavy (non-hydrogen) atoms. The van der Waals surface area contributed by atoms with Gasteiger partial charge in [-0.25, -0.2) is 4.79 Å². The molecule has 0 atom stereocenters. The van der Waals surface area contributed by atoms with E-state index in [9.17, 15) is 19.5 Å². The van der Waals surface area contributed by atoms with Gasteiger partial charge in [0.05, 0.1) is 0 Å². The molecule has 7 nitrogen and oxygen atoms in total. The number of carbonyl (C=O) groups excluding carboxylic acids is 3. The zero-order valence-electron chi connectivity index (χ0n) is 17.3. The number of hydrogen-bond donors (Lipinski definition) is 1. The number of nitrogens with zero attached hydrogens (tertiary/aromatic N) is 2. The molecule has 0 aromatic heterocycles. The molecule has 0 bridgehead atoms. The number of carbonyl (C=O) groups is 3. The normalized spacial score (nSPS) is 14.5.